The van der Waals surface area contributed by atoms with Crippen LogP contribution in [0.4, 0.5) is 5.69 Å². The van der Waals surface area contributed by atoms with Gasteiger partial charge in [-0.15, -0.1) is 0 Å². The van der Waals surface area contributed by atoms with Crippen LogP contribution in [0, 0.1) is 17.9 Å². The maximum Gasteiger partial charge on any atom is 0.189 e. The zero-order valence-electron chi connectivity index (χ0n) is 32.0. The van der Waals surface area contributed by atoms with E-state index < -0.39 is 0 Å². The van der Waals surface area contributed by atoms with Crippen LogP contribution in [0.3, 0.4) is 0 Å². The molecular formula is C53H31N7. The number of hydrogen-bond acceptors (Lipinski definition) is 4. The van der Waals surface area contributed by atoms with Gasteiger partial charge in [0.15, 0.2) is 23.2 Å². The third-order valence-electron chi connectivity index (χ3n) is 11.2. The molecule has 0 unspecified atom stereocenters. The highest BCUT2D eigenvalue weighted by atomic mass is 15.1. The molecule has 3 heterocycles. The largest absolute Gasteiger partial charge is 0.310 e. The SMILES string of the molecule is [C-]#[N+]c1ccc2c3ccc(C#N)cc3n(-c3ccc(-c4cccc5c6ccccc6n(-c6ccccc6)c45)cc3-c3nc(-c4ccccc4)nc(-c4ccccc4)n3)c2c1. The number of nitrogens with zero attached hydrogens (tertiary/aromatic N) is 7. The summed E-state index contributed by atoms with van der Waals surface area (Å²) in [5.41, 5.74) is 11.3. The Morgan fingerprint density at radius 3 is 1.75 bits per heavy atom. The lowest BCUT2D eigenvalue weighted by atomic mass is 9.98. The minimum atomic E-state index is 0.489. The molecule has 0 aliphatic heterocycles. The highest BCUT2D eigenvalue weighted by molar-refractivity contribution is 6.14. The molecule has 0 bridgehead atoms. The summed E-state index contributed by atoms with van der Waals surface area (Å²) >= 11 is 0. The Labute approximate surface area is 345 Å². The Morgan fingerprint density at radius 2 is 1.05 bits per heavy atom. The third kappa shape index (κ3) is 5.61. The van der Waals surface area contributed by atoms with Gasteiger partial charge in [-0.25, -0.2) is 19.8 Å². The average Bonchev–Trinajstić information content (AvgIpc) is 3.84. The lowest BCUT2D eigenvalue weighted by Crippen LogP contribution is -2.04. The summed E-state index contributed by atoms with van der Waals surface area (Å²) < 4.78 is 4.49. The summed E-state index contributed by atoms with van der Waals surface area (Å²) in [4.78, 5) is 19.3. The van der Waals surface area contributed by atoms with Crippen LogP contribution in [0.2, 0.25) is 0 Å². The first kappa shape index (κ1) is 34.6. The molecule has 0 N–H and O–H groups in total. The molecule has 0 saturated carbocycles. The van der Waals surface area contributed by atoms with Gasteiger partial charge in [0.05, 0.1) is 40.4 Å². The van der Waals surface area contributed by atoms with Gasteiger partial charge in [0, 0.05) is 55.0 Å². The van der Waals surface area contributed by atoms with Gasteiger partial charge in [0.25, 0.3) is 0 Å². The summed E-state index contributed by atoms with van der Waals surface area (Å²) in [6, 6.07) is 65.8. The van der Waals surface area contributed by atoms with Gasteiger partial charge in [-0.2, -0.15) is 5.26 Å². The molecule has 0 spiro atoms. The van der Waals surface area contributed by atoms with E-state index in [0.29, 0.717) is 28.7 Å². The van der Waals surface area contributed by atoms with Gasteiger partial charge in [0.1, 0.15) is 0 Å². The molecule has 3 aromatic heterocycles. The van der Waals surface area contributed by atoms with Crippen molar-refractivity contribution in [3.05, 3.63) is 205 Å². The summed E-state index contributed by atoms with van der Waals surface area (Å²) in [7, 11) is 0. The van der Waals surface area contributed by atoms with Gasteiger partial charge in [-0.05, 0) is 54.1 Å². The molecule has 0 saturated heterocycles. The fourth-order valence-electron chi connectivity index (χ4n) is 8.51. The number of aromatic nitrogens is 5. The van der Waals surface area contributed by atoms with Crippen molar-refractivity contribution < 1.29 is 0 Å². The zero-order valence-corrected chi connectivity index (χ0v) is 32.0. The smallest absolute Gasteiger partial charge is 0.189 e. The average molecular weight is 766 g/mol. The Morgan fingerprint density at radius 1 is 0.450 bits per heavy atom. The lowest BCUT2D eigenvalue weighted by Gasteiger charge is -2.17. The minimum Gasteiger partial charge on any atom is -0.310 e. The monoisotopic (exact) mass is 765 g/mol. The molecule has 7 nitrogen and oxygen atoms in total. The Bertz CT molecular complexity index is 3430. The van der Waals surface area contributed by atoms with Crippen molar-refractivity contribution in [1.82, 2.24) is 24.1 Å². The molecule has 0 aliphatic carbocycles. The fourth-order valence-corrected chi connectivity index (χ4v) is 8.51. The highest BCUT2D eigenvalue weighted by Crippen LogP contribution is 2.42. The van der Waals surface area contributed by atoms with Gasteiger partial charge in [-0.1, -0.05) is 140 Å². The fraction of sp³-hybridized carbons (Fsp3) is 0. The molecule has 11 rings (SSSR count). The first-order valence-corrected chi connectivity index (χ1v) is 19.6. The predicted molar refractivity (Wildman–Crippen MR) is 241 cm³/mol. The second kappa shape index (κ2) is 14.1. The van der Waals surface area contributed by atoms with E-state index in [9.17, 15) is 5.26 Å². The van der Waals surface area contributed by atoms with E-state index >= 15 is 0 Å². The van der Waals surface area contributed by atoms with Crippen molar-refractivity contribution in [2.45, 2.75) is 0 Å². The van der Waals surface area contributed by atoms with Gasteiger partial charge in [-0.3, -0.25) is 0 Å². The molecule has 0 aliphatic rings. The number of rotatable bonds is 6. The topological polar surface area (TPSA) is 76.7 Å². The van der Waals surface area contributed by atoms with Gasteiger partial charge >= 0.3 is 0 Å². The van der Waals surface area contributed by atoms with Crippen LogP contribution in [0.1, 0.15) is 5.56 Å². The van der Waals surface area contributed by atoms with Crippen molar-refractivity contribution in [3.63, 3.8) is 0 Å². The third-order valence-corrected chi connectivity index (χ3v) is 11.2. The van der Waals surface area contributed by atoms with Crippen LogP contribution in [-0.2, 0) is 0 Å². The van der Waals surface area contributed by atoms with Gasteiger partial charge < -0.3 is 9.13 Å². The van der Waals surface area contributed by atoms with Crippen molar-refractivity contribution in [3.8, 4) is 62.7 Å². The van der Waals surface area contributed by atoms with E-state index in [1.165, 1.54) is 5.39 Å². The summed E-state index contributed by atoms with van der Waals surface area (Å²) in [6.07, 6.45) is 0. The van der Waals surface area contributed by atoms with Crippen molar-refractivity contribution in [1.29, 1.82) is 5.26 Å². The van der Waals surface area contributed by atoms with Gasteiger partial charge in [0.2, 0.25) is 0 Å². The molecule has 11 aromatic rings. The molecule has 0 atom stereocenters. The van der Waals surface area contributed by atoms with E-state index in [0.717, 1.165) is 77.4 Å². The zero-order chi connectivity index (χ0) is 40.2. The molecule has 0 amide bonds. The van der Waals surface area contributed by atoms with E-state index in [2.05, 4.69) is 105 Å². The van der Waals surface area contributed by atoms with Crippen LogP contribution in [-0.4, -0.2) is 24.1 Å². The number of fused-ring (bicyclic) bond motifs is 6. The lowest BCUT2D eigenvalue weighted by molar-refractivity contribution is 1.06. The number of para-hydroxylation sites is 3. The maximum absolute atomic E-state index is 10.1. The van der Waals surface area contributed by atoms with Crippen molar-refractivity contribution in [2.75, 3.05) is 0 Å². The maximum atomic E-state index is 10.1. The van der Waals surface area contributed by atoms with E-state index in [-0.39, 0.29) is 0 Å². The highest BCUT2D eigenvalue weighted by Gasteiger charge is 2.23. The molecule has 0 radical (unpaired) electrons. The van der Waals surface area contributed by atoms with Crippen molar-refractivity contribution in [2.24, 2.45) is 0 Å². The first-order chi connectivity index (χ1) is 29.7. The summed E-state index contributed by atoms with van der Waals surface area (Å²) in [5.74, 6) is 1.58. The Balaban J connectivity index is 1.27. The molecule has 60 heavy (non-hydrogen) atoms. The molecule has 0 fully saturated rings. The van der Waals surface area contributed by atoms with Crippen molar-refractivity contribution >= 4 is 49.3 Å². The molecular weight excluding hydrogens is 735 g/mol. The Kier molecular flexibility index (Phi) is 8.11. The van der Waals surface area contributed by atoms with Crippen LogP contribution < -0.4 is 0 Å². The van der Waals surface area contributed by atoms with Crippen LogP contribution >= 0.6 is 0 Å². The first-order valence-electron chi connectivity index (χ1n) is 19.6. The van der Waals surface area contributed by atoms with E-state index in [4.69, 9.17) is 21.5 Å². The van der Waals surface area contributed by atoms with E-state index in [1.54, 1.807) is 0 Å². The second-order valence-electron chi connectivity index (χ2n) is 14.7. The summed E-state index contributed by atoms with van der Waals surface area (Å²) in [5, 5.41) is 14.4. The summed E-state index contributed by atoms with van der Waals surface area (Å²) in [6.45, 7) is 7.93. The van der Waals surface area contributed by atoms with E-state index in [1.807, 2.05) is 103 Å². The number of nitriles is 1. The van der Waals surface area contributed by atoms with Crippen LogP contribution in [0.25, 0.3) is 105 Å². The normalized spacial score (nSPS) is 11.3. The minimum absolute atomic E-state index is 0.489. The standard InChI is InChI=1S/C53H31N7/c1-55-38-26-28-43-42-27-24-34(33-54)30-48(42)60(49(43)32-38)47-29-25-37(40-21-13-22-44-41-20-11-12-23-46(41)59(50(40)44)39-18-9-4-10-19-39)31-45(47)53-57-51(35-14-5-2-6-15-35)56-52(58-53)36-16-7-3-8-17-36/h2-32H. The second-order valence-corrected chi connectivity index (χ2v) is 14.7. The number of hydrogen-bond donors (Lipinski definition) is 0. The van der Waals surface area contributed by atoms with Crippen LogP contribution in [0.15, 0.2) is 188 Å². The van der Waals surface area contributed by atoms with Crippen LogP contribution in [0.5, 0.6) is 0 Å². The number of benzene rings is 8. The Hall–Kier alpha value is -8.65. The predicted octanol–water partition coefficient (Wildman–Crippen LogP) is 13.2. The molecule has 278 valence electrons. The quantitative estimate of drug-likeness (QED) is 0.158. The molecule has 8 aromatic carbocycles. The molecule has 7 heteroatoms.